The fourth-order valence-electron chi connectivity index (χ4n) is 0.661. The summed E-state index contributed by atoms with van der Waals surface area (Å²) in [4.78, 5) is 5.12. The highest BCUT2D eigenvalue weighted by atomic mass is 32.1. The molecule has 0 atom stereocenters. The van der Waals surface area contributed by atoms with Crippen LogP contribution >= 0.6 is 11.3 Å². The van der Waals surface area contributed by atoms with Crippen molar-refractivity contribution in [2.24, 2.45) is 0 Å². The minimum Gasteiger partial charge on any atom is -0.298 e. The maximum Gasteiger partial charge on any atom is 0.193 e. The van der Waals surface area contributed by atoms with Crippen LogP contribution in [0.2, 0.25) is 0 Å². The van der Waals surface area contributed by atoms with Crippen LogP contribution in [0.5, 0.6) is 0 Å². The quantitative estimate of drug-likeness (QED) is 0.569. The zero-order valence-corrected chi connectivity index (χ0v) is 6.93. The summed E-state index contributed by atoms with van der Waals surface area (Å²) in [6.45, 7) is 4.00. The summed E-state index contributed by atoms with van der Waals surface area (Å²) < 4.78 is 1.99. The molecule has 0 fully saturated rings. The molecule has 0 amide bonds. The average molecular weight is 154 g/mol. The molecule has 2 heterocycles. The zero-order chi connectivity index (χ0) is 7.40. The first-order chi connectivity index (χ1) is 4.97. The van der Waals surface area contributed by atoms with Gasteiger partial charge >= 0.3 is 0 Å². The van der Waals surface area contributed by atoms with Crippen LogP contribution in [0.3, 0.4) is 0 Å². The van der Waals surface area contributed by atoms with Crippen molar-refractivity contribution in [2.45, 2.75) is 13.8 Å². The molecule has 3 heteroatoms. The molecule has 54 valence electrons. The number of hydrogen-bond donors (Lipinski definition) is 0. The van der Waals surface area contributed by atoms with Crippen molar-refractivity contribution in [3.8, 4) is 0 Å². The summed E-state index contributed by atoms with van der Waals surface area (Å²) in [6.07, 6.45) is 5.73. The molecule has 0 aliphatic rings. The Bertz CT molecular complexity index is 233. The van der Waals surface area contributed by atoms with Crippen molar-refractivity contribution < 1.29 is 0 Å². The van der Waals surface area contributed by atoms with Crippen LogP contribution in [-0.2, 0) is 0 Å². The minimum absolute atomic E-state index is 1.06. The standard InChI is InChI=1S/C5H4N2S.C2H6/c1-2-7-3-4-8-5(7)6-1;1-2/h1-4H;1-2H3. The Kier molecular flexibility index (Phi) is 2.45. The first-order valence-corrected chi connectivity index (χ1v) is 4.21. The molecule has 2 aromatic rings. The summed E-state index contributed by atoms with van der Waals surface area (Å²) in [5, 5.41) is 2.02. The summed E-state index contributed by atoms with van der Waals surface area (Å²) in [5.74, 6) is 0. The molecule has 0 saturated heterocycles. The van der Waals surface area contributed by atoms with Gasteiger partial charge in [-0.15, -0.1) is 11.3 Å². The number of hydrogen-bond acceptors (Lipinski definition) is 2. The minimum atomic E-state index is 1.06. The first-order valence-electron chi connectivity index (χ1n) is 3.33. The molecule has 2 rings (SSSR count). The van der Waals surface area contributed by atoms with Crippen LogP contribution in [0.1, 0.15) is 13.8 Å². The van der Waals surface area contributed by atoms with Gasteiger partial charge in [0, 0.05) is 24.0 Å². The molecule has 0 N–H and O–H groups in total. The predicted octanol–water partition coefficient (Wildman–Crippen LogP) is 2.42. The Morgan fingerprint density at radius 2 is 2.20 bits per heavy atom. The Morgan fingerprint density at radius 1 is 1.40 bits per heavy atom. The van der Waals surface area contributed by atoms with Crippen molar-refractivity contribution in [3.05, 3.63) is 24.0 Å². The van der Waals surface area contributed by atoms with E-state index in [4.69, 9.17) is 0 Å². The van der Waals surface area contributed by atoms with E-state index in [1.165, 1.54) is 0 Å². The Hall–Kier alpha value is -0.830. The normalized spacial score (nSPS) is 9.00. The Labute approximate surface area is 64.1 Å². The second kappa shape index (κ2) is 3.37. The number of rotatable bonds is 0. The van der Waals surface area contributed by atoms with E-state index in [0.29, 0.717) is 0 Å². The third-order valence-corrected chi connectivity index (χ3v) is 1.81. The highest BCUT2D eigenvalue weighted by Gasteiger charge is 1.88. The smallest absolute Gasteiger partial charge is 0.193 e. The predicted molar refractivity (Wildman–Crippen MR) is 44.4 cm³/mol. The van der Waals surface area contributed by atoms with Gasteiger partial charge in [0.15, 0.2) is 4.96 Å². The summed E-state index contributed by atoms with van der Waals surface area (Å²) in [6, 6.07) is 0. The molecule has 0 saturated carbocycles. The van der Waals surface area contributed by atoms with Gasteiger partial charge in [0.25, 0.3) is 0 Å². The number of imidazole rings is 1. The van der Waals surface area contributed by atoms with E-state index in [-0.39, 0.29) is 0 Å². The largest absolute Gasteiger partial charge is 0.298 e. The lowest BCUT2D eigenvalue weighted by Gasteiger charge is -1.71. The second-order valence-corrected chi connectivity index (χ2v) is 2.39. The van der Waals surface area contributed by atoms with Gasteiger partial charge in [0.1, 0.15) is 0 Å². The van der Waals surface area contributed by atoms with Gasteiger partial charge in [-0.1, -0.05) is 13.8 Å². The van der Waals surface area contributed by atoms with Crippen molar-refractivity contribution in [3.63, 3.8) is 0 Å². The third kappa shape index (κ3) is 1.19. The lowest BCUT2D eigenvalue weighted by Crippen LogP contribution is -1.66. The Morgan fingerprint density at radius 3 is 2.90 bits per heavy atom. The number of fused-ring (bicyclic) bond motifs is 1. The van der Waals surface area contributed by atoms with Gasteiger partial charge in [-0.05, 0) is 0 Å². The summed E-state index contributed by atoms with van der Waals surface area (Å²) >= 11 is 1.65. The molecule has 0 aromatic carbocycles. The van der Waals surface area contributed by atoms with Crippen LogP contribution in [0, 0.1) is 0 Å². The van der Waals surface area contributed by atoms with E-state index >= 15 is 0 Å². The van der Waals surface area contributed by atoms with Crippen molar-refractivity contribution >= 4 is 16.3 Å². The van der Waals surface area contributed by atoms with Crippen LogP contribution in [-0.4, -0.2) is 9.38 Å². The van der Waals surface area contributed by atoms with E-state index in [1.54, 1.807) is 17.5 Å². The third-order valence-electron chi connectivity index (χ3n) is 1.03. The molecule has 0 aliphatic heterocycles. The molecular formula is C7H10N2S. The van der Waals surface area contributed by atoms with Gasteiger partial charge < -0.3 is 0 Å². The van der Waals surface area contributed by atoms with Gasteiger partial charge in [0.05, 0.1) is 0 Å². The van der Waals surface area contributed by atoms with Gasteiger partial charge in [-0.25, -0.2) is 4.98 Å². The van der Waals surface area contributed by atoms with Crippen LogP contribution in [0.4, 0.5) is 0 Å². The fourth-order valence-corrected chi connectivity index (χ4v) is 1.34. The highest BCUT2D eigenvalue weighted by molar-refractivity contribution is 7.15. The van der Waals surface area contributed by atoms with Gasteiger partial charge in [-0.2, -0.15) is 0 Å². The Balaban J connectivity index is 0.000000231. The van der Waals surface area contributed by atoms with Crippen LogP contribution < -0.4 is 0 Å². The number of aromatic nitrogens is 2. The monoisotopic (exact) mass is 154 g/mol. The molecule has 0 radical (unpaired) electrons. The molecule has 0 aliphatic carbocycles. The molecular weight excluding hydrogens is 144 g/mol. The average Bonchev–Trinajstić information content (AvgIpc) is 2.49. The highest BCUT2D eigenvalue weighted by Crippen LogP contribution is 2.06. The van der Waals surface area contributed by atoms with E-state index in [1.807, 2.05) is 36.0 Å². The van der Waals surface area contributed by atoms with Crippen LogP contribution in [0.25, 0.3) is 4.96 Å². The van der Waals surface area contributed by atoms with E-state index in [2.05, 4.69) is 4.98 Å². The molecule has 0 unspecified atom stereocenters. The van der Waals surface area contributed by atoms with Crippen LogP contribution in [0.15, 0.2) is 24.0 Å². The van der Waals surface area contributed by atoms with Gasteiger partial charge in [0.2, 0.25) is 0 Å². The van der Waals surface area contributed by atoms with Crippen molar-refractivity contribution in [1.29, 1.82) is 0 Å². The molecule has 2 nitrogen and oxygen atoms in total. The maximum atomic E-state index is 4.06. The fraction of sp³-hybridized carbons (Fsp3) is 0.286. The number of thiazole rings is 1. The molecule has 0 spiro atoms. The summed E-state index contributed by atoms with van der Waals surface area (Å²) in [5.41, 5.74) is 0. The lowest BCUT2D eigenvalue weighted by atomic mass is 10.9. The van der Waals surface area contributed by atoms with E-state index < -0.39 is 0 Å². The molecule has 2 aromatic heterocycles. The van der Waals surface area contributed by atoms with E-state index in [9.17, 15) is 0 Å². The molecule has 0 bridgehead atoms. The molecule has 10 heavy (non-hydrogen) atoms. The first kappa shape index (κ1) is 7.28. The van der Waals surface area contributed by atoms with E-state index in [0.717, 1.165) is 4.96 Å². The van der Waals surface area contributed by atoms with Crippen molar-refractivity contribution in [1.82, 2.24) is 9.38 Å². The second-order valence-electron chi connectivity index (χ2n) is 1.52. The van der Waals surface area contributed by atoms with Gasteiger partial charge in [-0.3, -0.25) is 4.40 Å². The zero-order valence-electron chi connectivity index (χ0n) is 6.11. The SMILES string of the molecule is CC.c1cn2ccsc2n1. The van der Waals surface area contributed by atoms with Crippen molar-refractivity contribution in [2.75, 3.05) is 0 Å². The topological polar surface area (TPSA) is 17.3 Å². The summed E-state index contributed by atoms with van der Waals surface area (Å²) in [7, 11) is 0. The maximum absolute atomic E-state index is 4.06. The lowest BCUT2D eigenvalue weighted by molar-refractivity contribution is 1.23. The number of nitrogens with zero attached hydrogens (tertiary/aromatic N) is 2.